The van der Waals surface area contributed by atoms with Crippen molar-refractivity contribution in [3.63, 3.8) is 0 Å². The van der Waals surface area contributed by atoms with Crippen LogP contribution in [0.4, 0.5) is 5.69 Å². The molecule has 0 heterocycles. The minimum atomic E-state index is -3.74. The minimum Gasteiger partial charge on any atom is -0.354 e. The highest BCUT2D eigenvalue weighted by Crippen LogP contribution is 2.24. The van der Waals surface area contributed by atoms with E-state index in [-0.39, 0.29) is 18.4 Å². The number of hydrogen-bond donors (Lipinski definition) is 1. The minimum absolute atomic E-state index is 0.222. The van der Waals surface area contributed by atoms with Gasteiger partial charge in [0.1, 0.15) is 12.6 Å². The SMILES string of the molecule is CCC(C(=O)NCC(C)C)N(CCc1ccccc1)C(=O)CN(c1ccc(C)cc1C)S(C)(=O)=O. The Bertz CT molecular complexity index is 1100. The lowest BCUT2D eigenvalue weighted by molar-refractivity contribution is -0.139. The van der Waals surface area contributed by atoms with Crippen molar-refractivity contribution in [3.05, 3.63) is 65.2 Å². The molecule has 0 aromatic heterocycles. The number of rotatable bonds is 12. The van der Waals surface area contributed by atoms with Crippen molar-refractivity contribution in [2.45, 2.75) is 53.5 Å². The maximum atomic E-state index is 13.7. The van der Waals surface area contributed by atoms with E-state index in [2.05, 4.69) is 5.32 Å². The number of nitrogens with one attached hydrogen (secondary N) is 1. The first-order chi connectivity index (χ1) is 16.4. The molecule has 1 N–H and O–H groups in total. The molecule has 2 amide bonds. The average molecular weight is 502 g/mol. The number of benzene rings is 2. The van der Waals surface area contributed by atoms with Gasteiger partial charge >= 0.3 is 0 Å². The van der Waals surface area contributed by atoms with Crippen molar-refractivity contribution in [2.75, 3.05) is 30.2 Å². The molecule has 2 aromatic carbocycles. The highest BCUT2D eigenvalue weighted by Gasteiger charge is 2.31. The Morgan fingerprint density at radius 1 is 1.03 bits per heavy atom. The van der Waals surface area contributed by atoms with Crippen LogP contribution in [-0.4, -0.2) is 57.1 Å². The molecule has 1 unspecified atom stereocenters. The maximum Gasteiger partial charge on any atom is 0.244 e. The second-order valence-electron chi connectivity index (χ2n) is 9.45. The Kier molecular flexibility index (Phi) is 10.3. The first-order valence-electron chi connectivity index (χ1n) is 12.1. The zero-order valence-electron chi connectivity index (χ0n) is 21.7. The summed E-state index contributed by atoms with van der Waals surface area (Å²) < 4.78 is 26.6. The molecular formula is C27H39N3O4S. The average Bonchev–Trinajstić information content (AvgIpc) is 2.79. The number of anilines is 1. The molecule has 35 heavy (non-hydrogen) atoms. The first-order valence-corrected chi connectivity index (χ1v) is 13.9. The number of aryl methyl sites for hydroxylation is 2. The van der Waals surface area contributed by atoms with Gasteiger partial charge in [0.05, 0.1) is 11.9 Å². The molecule has 0 aliphatic heterocycles. The Labute approximate surface area is 210 Å². The van der Waals surface area contributed by atoms with Gasteiger partial charge in [-0.1, -0.05) is 68.8 Å². The molecule has 2 aromatic rings. The van der Waals surface area contributed by atoms with E-state index in [9.17, 15) is 18.0 Å². The molecular weight excluding hydrogens is 462 g/mol. The smallest absolute Gasteiger partial charge is 0.244 e. The third-order valence-electron chi connectivity index (χ3n) is 5.85. The Hall–Kier alpha value is -2.87. The van der Waals surface area contributed by atoms with E-state index >= 15 is 0 Å². The molecule has 192 valence electrons. The largest absolute Gasteiger partial charge is 0.354 e. The molecule has 0 saturated heterocycles. The van der Waals surface area contributed by atoms with Crippen LogP contribution in [0.2, 0.25) is 0 Å². The van der Waals surface area contributed by atoms with Crippen LogP contribution in [0, 0.1) is 19.8 Å². The highest BCUT2D eigenvalue weighted by molar-refractivity contribution is 7.92. The fraction of sp³-hybridized carbons (Fsp3) is 0.481. The fourth-order valence-electron chi connectivity index (χ4n) is 4.00. The predicted octanol–water partition coefficient (Wildman–Crippen LogP) is 3.69. The maximum absolute atomic E-state index is 13.7. The van der Waals surface area contributed by atoms with Gasteiger partial charge in [0, 0.05) is 13.1 Å². The zero-order valence-corrected chi connectivity index (χ0v) is 22.6. The second kappa shape index (κ2) is 12.7. The summed E-state index contributed by atoms with van der Waals surface area (Å²) in [7, 11) is -3.74. The molecule has 0 spiro atoms. The zero-order chi connectivity index (χ0) is 26.2. The Balaban J connectivity index is 2.37. The van der Waals surface area contributed by atoms with Crippen LogP contribution in [0.5, 0.6) is 0 Å². The highest BCUT2D eigenvalue weighted by atomic mass is 32.2. The summed E-state index contributed by atoms with van der Waals surface area (Å²) in [6, 6.07) is 14.5. The summed E-state index contributed by atoms with van der Waals surface area (Å²) in [4.78, 5) is 28.2. The van der Waals surface area contributed by atoms with Crippen molar-refractivity contribution >= 4 is 27.5 Å². The standard InChI is InChI=1S/C27H39N3O4S/c1-7-24(27(32)28-18-20(2)3)29(16-15-23-11-9-8-10-12-23)26(31)19-30(35(6,33)34)25-14-13-21(4)17-22(25)5/h8-14,17,20,24H,7,15-16,18-19H2,1-6H3,(H,28,32). The van der Waals surface area contributed by atoms with Crippen LogP contribution in [0.1, 0.15) is 43.9 Å². The summed E-state index contributed by atoms with van der Waals surface area (Å²) in [5, 5.41) is 2.93. The Morgan fingerprint density at radius 3 is 2.23 bits per heavy atom. The van der Waals surface area contributed by atoms with Crippen molar-refractivity contribution < 1.29 is 18.0 Å². The summed E-state index contributed by atoms with van der Waals surface area (Å²) >= 11 is 0. The van der Waals surface area contributed by atoms with Crippen LogP contribution >= 0.6 is 0 Å². The number of carbonyl (C=O) groups is 2. The second-order valence-corrected chi connectivity index (χ2v) is 11.4. The quantitative estimate of drug-likeness (QED) is 0.481. The third kappa shape index (κ3) is 8.38. The predicted molar refractivity (Wildman–Crippen MR) is 142 cm³/mol. The number of amides is 2. The summed E-state index contributed by atoms with van der Waals surface area (Å²) in [5.41, 5.74) is 3.27. The van der Waals surface area contributed by atoms with Crippen LogP contribution in [0.25, 0.3) is 0 Å². The van der Waals surface area contributed by atoms with E-state index in [0.717, 1.165) is 27.3 Å². The van der Waals surface area contributed by atoms with E-state index < -0.39 is 22.0 Å². The molecule has 2 rings (SSSR count). The summed E-state index contributed by atoms with van der Waals surface area (Å²) in [5.74, 6) is -0.354. The topological polar surface area (TPSA) is 86.8 Å². The Morgan fingerprint density at radius 2 is 1.69 bits per heavy atom. The van der Waals surface area contributed by atoms with Gasteiger partial charge in [-0.3, -0.25) is 13.9 Å². The molecule has 8 heteroatoms. The molecule has 1 atom stereocenters. The van der Waals surface area contributed by atoms with E-state index in [0.29, 0.717) is 31.6 Å². The van der Waals surface area contributed by atoms with Crippen LogP contribution in [0.3, 0.4) is 0 Å². The summed E-state index contributed by atoms with van der Waals surface area (Å²) in [6.45, 7) is 10.1. The van der Waals surface area contributed by atoms with Gasteiger partial charge < -0.3 is 10.2 Å². The van der Waals surface area contributed by atoms with E-state index in [1.54, 1.807) is 6.07 Å². The number of sulfonamides is 1. The van der Waals surface area contributed by atoms with Crippen molar-refractivity contribution in [3.8, 4) is 0 Å². The first kappa shape index (κ1) is 28.4. The summed E-state index contributed by atoms with van der Waals surface area (Å²) in [6.07, 6.45) is 2.08. The fourth-order valence-corrected chi connectivity index (χ4v) is 4.91. The van der Waals surface area contributed by atoms with Gasteiger partial charge in [-0.25, -0.2) is 8.42 Å². The van der Waals surface area contributed by atoms with E-state index in [4.69, 9.17) is 0 Å². The van der Waals surface area contributed by atoms with Gasteiger partial charge in [0.15, 0.2) is 0 Å². The number of carbonyl (C=O) groups excluding carboxylic acids is 2. The van der Waals surface area contributed by atoms with Gasteiger partial charge in [-0.2, -0.15) is 0 Å². The third-order valence-corrected chi connectivity index (χ3v) is 6.98. The molecule has 7 nitrogen and oxygen atoms in total. The monoisotopic (exact) mass is 501 g/mol. The molecule has 0 aliphatic carbocycles. The van der Waals surface area contributed by atoms with Crippen molar-refractivity contribution in [1.29, 1.82) is 0 Å². The number of hydrogen-bond acceptors (Lipinski definition) is 4. The van der Waals surface area contributed by atoms with Crippen LogP contribution in [-0.2, 0) is 26.0 Å². The van der Waals surface area contributed by atoms with Crippen LogP contribution < -0.4 is 9.62 Å². The van der Waals surface area contributed by atoms with Crippen molar-refractivity contribution in [1.82, 2.24) is 10.2 Å². The van der Waals surface area contributed by atoms with Crippen molar-refractivity contribution in [2.24, 2.45) is 5.92 Å². The normalized spacial score (nSPS) is 12.3. The molecule has 0 fully saturated rings. The molecule has 0 bridgehead atoms. The number of nitrogens with zero attached hydrogens (tertiary/aromatic N) is 2. The van der Waals surface area contributed by atoms with Crippen LogP contribution in [0.15, 0.2) is 48.5 Å². The van der Waals surface area contributed by atoms with Gasteiger partial charge in [0.2, 0.25) is 21.8 Å². The molecule has 0 aliphatic rings. The van der Waals surface area contributed by atoms with E-state index in [1.807, 2.05) is 77.1 Å². The van der Waals surface area contributed by atoms with Gasteiger partial charge in [-0.15, -0.1) is 0 Å². The van der Waals surface area contributed by atoms with Gasteiger partial charge in [-0.05, 0) is 49.8 Å². The van der Waals surface area contributed by atoms with E-state index in [1.165, 1.54) is 4.90 Å². The lowest BCUT2D eigenvalue weighted by Crippen LogP contribution is -2.53. The lowest BCUT2D eigenvalue weighted by Gasteiger charge is -2.33. The molecule has 0 radical (unpaired) electrons. The van der Waals surface area contributed by atoms with Gasteiger partial charge in [0.25, 0.3) is 0 Å². The lowest BCUT2D eigenvalue weighted by atomic mass is 10.1. The molecule has 0 saturated carbocycles.